The monoisotopic (exact) mass is 420 g/mol. The highest BCUT2D eigenvalue weighted by molar-refractivity contribution is 6.30. The Morgan fingerprint density at radius 3 is 2.57 bits per heavy atom. The van der Waals surface area contributed by atoms with Crippen molar-refractivity contribution in [2.24, 2.45) is 0 Å². The molecular formula is C19H24ClF3N2O3. The van der Waals surface area contributed by atoms with Crippen LogP contribution in [0.25, 0.3) is 0 Å². The van der Waals surface area contributed by atoms with E-state index < -0.39 is 17.8 Å². The van der Waals surface area contributed by atoms with Gasteiger partial charge in [-0.1, -0.05) is 18.5 Å². The summed E-state index contributed by atoms with van der Waals surface area (Å²) in [7, 11) is 1.23. The third-order valence-corrected chi connectivity index (χ3v) is 5.16. The normalized spacial score (nSPS) is 22.6. The molecule has 1 N–H and O–H groups in total. The van der Waals surface area contributed by atoms with Crippen LogP contribution in [0.4, 0.5) is 18.0 Å². The Bertz CT molecular complexity index is 699. The molecule has 28 heavy (non-hydrogen) atoms. The number of halogens is 4. The Morgan fingerprint density at radius 1 is 1.32 bits per heavy atom. The minimum Gasteiger partial charge on any atom is -0.453 e. The fourth-order valence-corrected chi connectivity index (χ4v) is 3.86. The molecule has 0 spiro atoms. The molecule has 2 rings (SSSR count). The Balaban J connectivity index is 2.30. The van der Waals surface area contributed by atoms with Gasteiger partial charge in [0.2, 0.25) is 0 Å². The molecule has 0 saturated carbocycles. The van der Waals surface area contributed by atoms with Crippen LogP contribution in [0.1, 0.15) is 43.7 Å². The molecule has 1 amide bonds. The molecule has 0 bridgehead atoms. The standard InChI is InChI=1S/C19H24ClF3N2O3/c1-3-15-9-17(10-16(24-15)4-5-26)25(18(27)28-2)11-12-6-13(19(21,22)23)8-14(20)7-12/h5-8,15-17,24H,3-4,9-11H2,1-2H3. The second-order valence-electron chi connectivity index (χ2n) is 6.94. The number of hydrogen-bond donors (Lipinski definition) is 1. The molecule has 1 aromatic rings. The summed E-state index contributed by atoms with van der Waals surface area (Å²) in [4.78, 5) is 24.8. The average molecular weight is 421 g/mol. The van der Waals surface area contributed by atoms with Crippen LogP contribution in [0.5, 0.6) is 0 Å². The molecule has 1 aromatic carbocycles. The lowest BCUT2D eigenvalue weighted by Crippen LogP contribution is -2.53. The summed E-state index contributed by atoms with van der Waals surface area (Å²) in [6.07, 6.45) is -2.10. The zero-order valence-electron chi connectivity index (χ0n) is 15.8. The van der Waals surface area contributed by atoms with Gasteiger partial charge < -0.3 is 19.7 Å². The fraction of sp³-hybridized carbons (Fsp3) is 0.579. The lowest BCUT2D eigenvalue weighted by atomic mass is 9.90. The molecule has 1 aliphatic rings. The van der Waals surface area contributed by atoms with Crippen LogP contribution in [-0.4, -0.2) is 42.5 Å². The molecule has 3 unspecified atom stereocenters. The lowest BCUT2D eigenvalue weighted by Gasteiger charge is -2.40. The Hall–Kier alpha value is -1.80. The maximum atomic E-state index is 13.1. The van der Waals surface area contributed by atoms with Gasteiger partial charge in [0.15, 0.2) is 0 Å². The van der Waals surface area contributed by atoms with Gasteiger partial charge in [-0.05, 0) is 43.0 Å². The Kier molecular flexibility index (Phi) is 7.71. The summed E-state index contributed by atoms with van der Waals surface area (Å²) >= 11 is 5.87. The predicted molar refractivity (Wildman–Crippen MR) is 99.1 cm³/mol. The maximum Gasteiger partial charge on any atom is 0.416 e. The van der Waals surface area contributed by atoms with Gasteiger partial charge in [0, 0.05) is 36.1 Å². The van der Waals surface area contributed by atoms with E-state index in [-0.39, 0.29) is 35.3 Å². The second-order valence-corrected chi connectivity index (χ2v) is 7.38. The number of nitrogens with one attached hydrogen (secondary N) is 1. The van der Waals surface area contributed by atoms with Crippen LogP contribution in [0.2, 0.25) is 5.02 Å². The van der Waals surface area contributed by atoms with Crippen molar-refractivity contribution in [2.75, 3.05) is 7.11 Å². The number of hydrogen-bond acceptors (Lipinski definition) is 4. The highest BCUT2D eigenvalue weighted by Crippen LogP contribution is 2.33. The van der Waals surface area contributed by atoms with Gasteiger partial charge in [0.25, 0.3) is 0 Å². The van der Waals surface area contributed by atoms with Crippen molar-refractivity contribution in [2.45, 2.75) is 63.5 Å². The zero-order chi connectivity index (χ0) is 20.9. The Labute approximate surface area is 167 Å². The SMILES string of the molecule is CCC1CC(N(Cc2cc(Cl)cc(C(F)(F)F)c2)C(=O)OC)CC(CC=O)N1. The molecule has 1 heterocycles. The number of rotatable bonds is 6. The Morgan fingerprint density at radius 2 is 2.00 bits per heavy atom. The molecule has 0 aromatic heterocycles. The summed E-state index contributed by atoms with van der Waals surface area (Å²) < 4.78 is 44.1. The molecule has 9 heteroatoms. The number of methoxy groups -OCH3 is 1. The van der Waals surface area contributed by atoms with Gasteiger partial charge >= 0.3 is 12.3 Å². The van der Waals surface area contributed by atoms with Gasteiger partial charge in [0.05, 0.1) is 12.7 Å². The third-order valence-electron chi connectivity index (χ3n) is 4.95. The second kappa shape index (κ2) is 9.60. The molecule has 1 aliphatic heterocycles. The first-order chi connectivity index (χ1) is 13.2. The topological polar surface area (TPSA) is 58.6 Å². The molecule has 156 valence electrons. The molecule has 1 fully saturated rings. The number of carbonyl (C=O) groups excluding carboxylic acids is 2. The fourth-order valence-electron chi connectivity index (χ4n) is 3.60. The van der Waals surface area contributed by atoms with Crippen LogP contribution < -0.4 is 5.32 Å². The van der Waals surface area contributed by atoms with E-state index in [0.717, 1.165) is 24.8 Å². The summed E-state index contributed by atoms with van der Waals surface area (Å²) in [5, 5.41) is 3.32. The van der Waals surface area contributed by atoms with Gasteiger partial charge in [-0.3, -0.25) is 0 Å². The largest absolute Gasteiger partial charge is 0.453 e. The van der Waals surface area contributed by atoms with E-state index in [9.17, 15) is 22.8 Å². The number of amides is 1. The van der Waals surface area contributed by atoms with E-state index in [1.165, 1.54) is 18.1 Å². The highest BCUT2D eigenvalue weighted by Gasteiger charge is 2.35. The van der Waals surface area contributed by atoms with Gasteiger partial charge in [-0.25, -0.2) is 4.79 Å². The van der Waals surface area contributed by atoms with E-state index in [4.69, 9.17) is 16.3 Å². The third kappa shape index (κ3) is 5.85. The first kappa shape index (κ1) is 22.5. The van der Waals surface area contributed by atoms with E-state index in [0.29, 0.717) is 19.3 Å². The van der Waals surface area contributed by atoms with E-state index in [2.05, 4.69) is 5.32 Å². The molecular weight excluding hydrogens is 397 g/mol. The van der Waals surface area contributed by atoms with E-state index in [1.54, 1.807) is 0 Å². The lowest BCUT2D eigenvalue weighted by molar-refractivity contribution is -0.137. The van der Waals surface area contributed by atoms with Crippen LogP contribution in [0.15, 0.2) is 18.2 Å². The molecule has 0 radical (unpaired) electrons. The van der Waals surface area contributed by atoms with Gasteiger partial charge in [0.1, 0.15) is 6.29 Å². The van der Waals surface area contributed by atoms with Crippen molar-refractivity contribution in [1.29, 1.82) is 0 Å². The molecule has 5 nitrogen and oxygen atoms in total. The van der Waals surface area contributed by atoms with Gasteiger partial charge in [-0.15, -0.1) is 0 Å². The molecule has 0 aliphatic carbocycles. The van der Waals surface area contributed by atoms with Crippen molar-refractivity contribution in [3.05, 3.63) is 34.3 Å². The van der Waals surface area contributed by atoms with E-state index in [1.807, 2.05) is 6.92 Å². The van der Waals surface area contributed by atoms with Crippen LogP contribution in [-0.2, 0) is 22.3 Å². The number of alkyl halides is 3. The first-order valence-corrected chi connectivity index (χ1v) is 9.46. The minimum atomic E-state index is -4.53. The predicted octanol–water partition coefficient (Wildman–Crippen LogP) is 4.42. The molecule has 3 atom stereocenters. The smallest absolute Gasteiger partial charge is 0.416 e. The summed E-state index contributed by atoms with van der Waals surface area (Å²) in [5.74, 6) is 0. The van der Waals surface area contributed by atoms with Crippen molar-refractivity contribution < 1.29 is 27.5 Å². The van der Waals surface area contributed by atoms with Crippen LogP contribution in [0, 0.1) is 0 Å². The van der Waals surface area contributed by atoms with Crippen molar-refractivity contribution in [1.82, 2.24) is 10.2 Å². The van der Waals surface area contributed by atoms with Crippen molar-refractivity contribution in [3.63, 3.8) is 0 Å². The number of carbonyl (C=O) groups is 2. The van der Waals surface area contributed by atoms with Gasteiger partial charge in [-0.2, -0.15) is 13.2 Å². The number of nitrogens with zero attached hydrogens (tertiary/aromatic N) is 1. The summed E-state index contributed by atoms with van der Waals surface area (Å²) in [6.45, 7) is 1.93. The first-order valence-electron chi connectivity index (χ1n) is 9.08. The number of ether oxygens (including phenoxy) is 1. The number of piperidine rings is 1. The highest BCUT2D eigenvalue weighted by atomic mass is 35.5. The van der Waals surface area contributed by atoms with Crippen LogP contribution in [0.3, 0.4) is 0 Å². The minimum absolute atomic E-state index is 0.0507. The average Bonchev–Trinajstić information content (AvgIpc) is 2.64. The quantitative estimate of drug-likeness (QED) is 0.692. The number of benzene rings is 1. The number of aldehydes is 1. The van der Waals surface area contributed by atoms with Crippen molar-refractivity contribution in [3.8, 4) is 0 Å². The maximum absolute atomic E-state index is 13.1. The zero-order valence-corrected chi connectivity index (χ0v) is 16.5. The summed E-state index contributed by atoms with van der Waals surface area (Å²) in [6, 6.07) is 2.99. The van der Waals surface area contributed by atoms with E-state index >= 15 is 0 Å². The van der Waals surface area contributed by atoms with Crippen molar-refractivity contribution >= 4 is 24.0 Å². The summed E-state index contributed by atoms with van der Waals surface area (Å²) in [5.41, 5.74) is -0.598. The molecule has 1 saturated heterocycles. The van der Waals surface area contributed by atoms with Crippen LogP contribution >= 0.6 is 11.6 Å².